The molecule has 0 atom stereocenters. The van der Waals surface area contributed by atoms with Crippen LogP contribution in [0, 0.1) is 0 Å². The molecule has 0 N–H and O–H groups in total. The van der Waals surface area contributed by atoms with Crippen LogP contribution in [-0.2, 0) is 29.2 Å². The summed E-state index contributed by atoms with van der Waals surface area (Å²) >= 11 is 0. The highest BCUT2D eigenvalue weighted by molar-refractivity contribution is 7.91. The average molecular weight is 504 g/mol. The maximum absolute atomic E-state index is 13.0. The van der Waals surface area contributed by atoms with Crippen molar-refractivity contribution in [2.24, 2.45) is 7.05 Å². The number of hydrogen-bond donors (Lipinski definition) is 0. The van der Waals surface area contributed by atoms with Crippen molar-refractivity contribution in [1.29, 1.82) is 0 Å². The first-order valence-electron chi connectivity index (χ1n) is 9.46. The zero-order chi connectivity index (χ0) is 25.1. The molecule has 0 aromatic carbocycles. The summed E-state index contributed by atoms with van der Waals surface area (Å²) in [6.45, 7) is 1.36. The molecule has 180 valence electrons. The van der Waals surface area contributed by atoms with E-state index in [9.17, 15) is 34.8 Å². The molecule has 0 aliphatic rings. The Morgan fingerprint density at radius 2 is 1.62 bits per heavy atom. The molecule has 0 unspecified atom stereocenters. The van der Waals surface area contributed by atoms with Gasteiger partial charge >= 0.3 is 12.4 Å². The van der Waals surface area contributed by atoms with Crippen LogP contribution in [-0.4, -0.2) is 43.2 Å². The number of halogens is 6. The van der Waals surface area contributed by atoms with Crippen LogP contribution in [0.4, 0.5) is 26.3 Å². The van der Waals surface area contributed by atoms with E-state index in [0.717, 1.165) is 35.4 Å². The predicted octanol–water partition coefficient (Wildman–Crippen LogP) is 4.05. The van der Waals surface area contributed by atoms with Gasteiger partial charge in [-0.15, -0.1) is 0 Å². The highest BCUT2D eigenvalue weighted by Gasteiger charge is 2.34. The molecular weight excluding hydrogens is 490 g/mol. The molecule has 0 fully saturated rings. The van der Waals surface area contributed by atoms with Crippen molar-refractivity contribution < 1.29 is 34.8 Å². The van der Waals surface area contributed by atoms with Crippen molar-refractivity contribution in [1.82, 2.24) is 29.1 Å². The quantitative estimate of drug-likeness (QED) is 0.389. The second kappa shape index (κ2) is 7.78. The summed E-state index contributed by atoms with van der Waals surface area (Å²) < 4.78 is 106. The van der Waals surface area contributed by atoms with Crippen molar-refractivity contribution in [3.63, 3.8) is 0 Å². The summed E-state index contributed by atoms with van der Waals surface area (Å²) in [7, 11) is -2.53. The van der Waals surface area contributed by atoms with Crippen LogP contribution in [0.1, 0.15) is 18.3 Å². The molecule has 0 aliphatic carbocycles. The lowest BCUT2D eigenvalue weighted by Crippen LogP contribution is -2.10. The fourth-order valence-corrected chi connectivity index (χ4v) is 4.25. The smallest absolute Gasteiger partial charge is 0.324 e. The van der Waals surface area contributed by atoms with E-state index < -0.39 is 33.6 Å². The Bertz CT molecular complexity index is 1500. The van der Waals surface area contributed by atoms with Crippen LogP contribution in [0.5, 0.6) is 0 Å². The van der Waals surface area contributed by atoms with Gasteiger partial charge in [-0.25, -0.2) is 28.4 Å². The van der Waals surface area contributed by atoms with Gasteiger partial charge in [0.15, 0.2) is 21.4 Å². The van der Waals surface area contributed by atoms with Gasteiger partial charge in [-0.3, -0.25) is 0 Å². The number of pyridine rings is 2. The largest absolute Gasteiger partial charge is 0.434 e. The molecule has 0 bridgehead atoms. The Morgan fingerprint density at radius 3 is 2.21 bits per heavy atom. The number of fused-ring (bicyclic) bond motifs is 1. The topological polar surface area (TPSA) is 95.6 Å². The summed E-state index contributed by atoms with van der Waals surface area (Å²) in [6.07, 6.45) is -5.79. The fraction of sp³-hybridized carbons (Fsp3) is 0.263. The second-order valence-corrected chi connectivity index (χ2v) is 9.40. The van der Waals surface area contributed by atoms with E-state index >= 15 is 0 Å². The summed E-state index contributed by atoms with van der Waals surface area (Å²) in [5.41, 5.74) is -2.43. The Morgan fingerprint density at radius 1 is 0.941 bits per heavy atom. The minimum absolute atomic E-state index is 0.0152. The Kier molecular flexibility index (Phi) is 5.42. The van der Waals surface area contributed by atoms with E-state index in [1.54, 1.807) is 0 Å². The first kappa shape index (κ1) is 23.7. The van der Waals surface area contributed by atoms with Crippen molar-refractivity contribution in [3.05, 3.63) is 48.4 Å². The van der Waals surface area contributed by atoms with E-state index in [0.29, 0.717) is 6.20 Å². The van der Waals surface area contributed by atoms with E-state index in [1.165, 1.54) is 18.5 Å². The number of aryl methyl sites for hydroxylation is 1. The van der Waals surface area contributed by atoms with Gasteiger partial charge < -0.3 is 9.13 Å². The maximum Gasteiger partial charge on any atom is 0.434 e. The minimum Gasteiger partial charge on any atom is -0.324 e. The molecule has 4 aromatic heterocycles. The summed E-state index contributed by atoms with van der Waals surface area (Å²) in [5.74, 6) is -0.427. The zero-order valence-electron chi connectivity index (χ0n) is 17.3. The lowest BCUT2D eigenvalue weighted by atomic mass is 10.3. The van der Waals surface area contributed by atoms with E-state index in [1.807, 2.05) is 0 Å². The normalized spacial score (nSPS) is 13.1. The van der Waals surface area contributed by atoms with Gasteiger partial charge in [0.25, 0.3) is 0 Å². The summed E-state index contributed by atoms with van der Waals surface area (Å²) in [4.78, 5) is 14.5. The standard InChI is InChI=1S/C19H14F6N6O2S/c1-3-34(32,33)13-4-10(31-8-15(28-9-31)19(23,24)25)6-27-16(13)17-29-11-5-14(18(20,21)22)26-7-12(11)30(17)2/h4-9H,3H2,1-2H3. The number of hydrogen-bond acceptors (Lipinski definition) is 6. The lowest BCUT2D eigenvalue weighted by Gasteiger charge is -2.11. The van der Waals surface area contributed by atoms with Crippen molar-refractivity contribution >= 4 is 20.9 Å². The first-order chi connectivity index (χ1) is 15.7. The van der Waals surface area contributed by atoms with Gasteiger partial charge in [0, 0.05) is 13.2 Å². The molecular formula is C19H14F6N6O2S. The van der Waals surface area contributed by atoms with Crippen LogP contribution in [0.15, 0.2) is 41.9 Å². The van der Waals surface area contributed by atoms with Crippen LogP contribution in [0.2, 0.25) is 0 Å². The molecule has 0 saturated carbocycles. The lowest BCUT2D eigenvalue weighted by molar-refractivity contribution is -0.141. The molecule has 8 nitrogen and oxygen atoms in total. The third kappa shape index (κ3) is 4.10. The van der Waals surface area contributed by atoms with Crippen molar-refractivity contribution in [2.45, 2.75) is 24.2 Å². The maximum atomic E-state index is 13.0. The Labute approximate surface area is 187 Å². The summed E-state index contributed by atoms with van der Waals surface area (Å²) in [6, 6.07) is 1.84. The number of aromatic nitrogens is 6. The third-order valence-corrected chi connectivity index (χ3v) is 6.74. The van der Waals surface area contributed by atoms with Gasteiger partial charge in [-0.05, 0) is 12.1 Å². The highest BCUT2D eigenvalue weighted by atomic mass is 32.2. The molecule has 0 saturated heterocycles. The first-order valence-corrected chi connectivity index (χ1v) is 11.1. The molecule has 4 aromatic rings. The van der Waals surface area contributed by atoms with Crippen molar-refractivity contribution in [2.75, 3.05) is 5.75 Å². The molecule has 15 heteroatoms. The molecule has 0 radical (unpaired) electrons. The predicted molar refractivity (Wildman–Crippen MR) is 107 cm³/mol. The summed E-state index contributed by atoms with van der Waals surface area (Å²) in [5, 5.41) is 0. The zero-order valence-corrected chi connectivity index (χ0v) is 18.2. The third-order valence-electron chi connectivity index (χ3n) is 4.99. The molecule has 4 rings (SSSR count). The number of rotatable bonds is 4. The number of imidazole rings is 2. The van der Waals surface area contributed by atoms with Gasteiger partial charge in [0.05, 0.1) is 46.1 Å². The van der Waals surface area contributed by atoms with E-state index in [4.69, 9.17) is 0 Å². The average Bonchev–Trinajstić information content (AvgIpc) is 3.38. The van der Waals surface area contributed by atoms with Gasteiger partial charge in [-0.1, -0.05) is 6.92 Å². The number of sulfone groups is 1. The van der Waals surface area contributed by atoms with Crippen LogP contribution < -0.4 is 0 Å². The monoisotopic (exact) mass is 504 g/mol. The fourth-order valence-electron chi connectivity index (χ4n) is 3.20. The molecule has 0 amide bonds. The van der Waals surface area contributed by atoms with E-state index in [2.05, 4.69) is 19.9 Å². The van der Waals surface area contributed by atoms with Gasteiger partial charge in [0.1, 0.15) is 11.4 Å². The van der Waals surface area contributed by atoms with E-state index in [-0.39, 0.29) is 38.9 Å². The highest BCUT2D eigenvalue weighted by Crippen LogP contribution is 2.33. The minimum atomic E-state index is -4.71. The molecule has 0 spiro atoms. The van der Waals surface area contributed by atoms with Crippen LogP contribution in [0.25, 0.3) is 28.2 Å². The number of alkyl halides is 6. The van der Waals surface area contributed by atoms with Crippen molar-refractivity contribution in [3.8, 4) is 17.2 Å². The SMILES string of the molecule is CCS(=O)(=O)c1cc(-n2cnc(C(F)(F)F)c2)cnc1-c1nc2cc(C(F)(F)F)ncc2n1C. The Hall–Kier alpha value is -3.49. The van der Waals surface area contributed by atoms with Crippen LogP contribution in [0.3, 0.4) is 0 Å². The molecule has 34 heavy (non-hydrogen) atoms. The molecule has 0 aliphatic heterocycles. The number of nitrogens with zero attached hydrogens (tertiary/aromatic N) is 6. The molecule has 4 heterocycles. The van der Waals surface area contributed by atoms with Gasteiger partial charge in [-0.2, -0.15) is 26.3 Å². The Balaban J connectivity index is 1.91. The van der Waals surface area contributed by atoms with Gasteiger partial charge in [0.2, 0.25) is 0 Å². The second-order valence-electron chi connectivity index (χ2n) is 7.16. The van der Waals surface area contributed by atoms with Crippen LogP contribution >= 0.6 is 0 Å².